The number of aryl methyl sites for hydroxylation is 1. The number of benzene rings is 1. The first-order chi connectivity index (χ1) is 10.2. The zero-order chi connectivity index (χ0) is 14.7. The maximum atomic E-state index is 5.99. The van der Waals surface area contributed by atoms with Crippen molar-refractivity contribution in [2.45, 2.75) is 38.9 Å². The molecule has 1 heterocycles. The molecule has 4 nitrogen and oxygen atoms in total. The summed E-state index contributed by atoms with van der Waals surface area (Å²) in [5, 5.41) is 8.54. The van der Waals surface area contributed by atoms with Gasteiger partial charge in [0, 0.05) is 24.3 Å². The van der Waals surface area contributed by atoms with Crippen LogP contribution in [0.2, 0.25) is 5.02 Å². The fourth-order valence-electron chi connectivity index (χ4n) is 2.19. The minimum absolute atomic E-state index is 0.581. The molecule has 0 unspecified atom stereocenters. The molecule has 0 amide bonds. The molecule has 3 rings (SSSR count). The summed E-state index contributed by atoms with van der Waals surface area (Å²) in [5.74, 6) is 0.945. The highest BCUT2D eigenvalue weighted by atomic mass is 35.5. The number of nitrogens with zero attached hydrogens (tertiary/aromatic N) is 2. The summed E-state index contributed by atoms with van der Waals surface area (Å²) in [4.78, 5) is 0. The Labute approximate surface area is 130 Å². The predicted molar refractivity (Wildman–Crippen MR) is 83.8 cm³/mol. The van der Waals surface area contributed by atoms with Gasteiger partial charge in [0.2, 0.25) is 0 Å². The van der Waals surface area contributed by atoms with Gasteiger partial charge in [-0.3, -0.25) is 4.68 Å². The highest BCUT2D eigenvalue weighted by Gasteiger charge is 2.20. The molecule has 1 fully saturated rings. The van der Waals surface area contributed by atoms with Crippen molar-refractivity contribution in [3.63, 3.8) is 0 Å². The Hall–Kier alpha value is -1.52. The third kappa shape index (κ3) is 3.99. The maximum absolute atomic E-state index is 5.99. The van der Waals surface area contributed by atoms with E-state index >= 15 is 0 Å². The molecule has 1 saturated carbocycles. The van der Waals surface area contributed by atoms with Gasteiger partial charge in [-0.25, -0.2) is 0 Å². The van der Waals surface area contributed by atoms with Crippen molar-refractivity contribution in [1.82, 2.24) is 15.1 Å². The lowest BCUT2D eigenvalue weighted by Crippen LogP contribution is -2.16. The minimum Gasteiger partial charge on any atom is -0.491 e. The number of aromatic nitrogens is 2. The summed E-state index contributed by atoms with van der Waals surface area (Å²) in [7, 11) is 0. The van der Waals surface area contributed by atoms with E-state index in [0.717, 1.165) is 18.0 Å². The van der Waals surface area contributed by atoms with Crippen LogP contribution in [0.4, 0.5) is 0 Å². The Morgan fingerprint density at radius 3 is 2.90 bits per heavy atom. The lowest BCUT2D eigenvalue weighted by atomic mass is 10.2. The van der Waals surface area contributed by atoms with E-state index in [1.54, 1.807) is 0 Å². The molecule has 0 atom stereocenters. The molecular weight excluding hydrogens is 286 g/mol. The molecule has 1 N–H and O–H groups in total. The van der Waals surface area contributed by atoms with Gasteiger partial charge in [-0.15, -0.1) is 0 Å². The van der Waals surface area contributed by atoms with Crippen molar-refractivity contribution in [3.8, 4) is 5.75 Å². The molecule has 5 heteroatoms. The van der Waals surface area contributed by atoms with E-state index < -0.39 is 0 Å². The van der Waals surface area contributed by atoms with Crippen molar-refractivity contribution in [2.75, 3.05) is 6.61 Å². The fraction of sp³-hybridized carbons (Fsp3) is 0.438. The lowest BCUT2D eigenvalue weighted by molar-refractivity contribution is 0.287. The van der Waals surface area contributed by atoms with Crippen LogP contribution in [0.15, 0.2) is 30.5 Å². The third-order valence-corrected chi connectivity index (χ3v) is 3.97. The second-order valence-electron chi connectivity index (χ2n) is 5.44. The molecule has 1 aromatic carbocycles. The number of hydrogen-bond donors (Lipinski definition) is 1. The second kappa shape index (κ2) is 6.50. The molecule has 112 valence electrons. The van der Waals surface area contributed by atoms with E-state index in [2.05, 4.69) is 16.5 Å². The molecule has 1 aromatic heterocycles. The summed E-state index contributed by atoms with van der Waals surface area (Å²) in [5.41, 5.74) is 2.06. The van der Waals surface area contributed by atoms with Crippen LogP contribution in [-0.2, 0) is 13.1 Å². The number of hydrogen-bond acceptors (Lipinski definition) is 3. The Balaban J connectivity index is 1.54. The Morgan fingerprint density at radius 2 is 2.19 bits per heavy atom. The number of rotatable bonds is 7. The highest BCUT2D eigenvalue weighted by Crippen LogP contribution is 2.22. The zero-order valence-electron chi connectivity index (χ0n) is 12.2. The molecule has 0 saturated heterocycles. The molecule has 2 aromatic rings. The van der Waals surface area contributed by atoms with Gasteiger partial charge in [-0.2, -0.15) is 5.10 Å². The van der Waals surface area contributed by atoms with Gasteiger partial charge in [0.05, 0.1) is 17.3 Å². The van der Waals surface area contributed by atoms with Crippen LogP contribution in [-0.4, -0.2) is 22.4 Å². The predicted octanol–water partition coefficient (Wildman–Crippen LogP) is 3.18. The molecule has 21 heavy (non-hydrogen) atoms. The Bertz CT molecular complexity index is 588. The summed E-state index contributed by atoms with van der Waals surface area (Å²) >= 11 is 5.99. The minimum atomic E-state index is 0.581. The normalized spacial score (nSPS) is 14.4. The Morgan fingerprint density at radius 1 is 1.38 bits per heavy atom. The van der Waals surface area contributed by atoms with Crippen LogP contribution >= 0.6 is 11.6 Å². The van der Waals surface area contributed by atoms with Gasteiger partial charge in [0.25, 0.3) is 0 Å². The summed E-state index contributed by atoms with van der Waals surface area (Å²) in [6, 6.07) is 8.88. The average molecular weight is 306 g/mol. The molecule has 0 aliphatic heterocycles. The third-order valence-electron chi connectivity index (χ3n) is 3.60. The monoisotopic (exact) mass is 305 g/mol. The maximum Gasteiger partial charge on any atom is 0.123 e. The van der Waals surface area contributed by atoms with Crippen molar-refractivity contribution in [2.24, 2.45) is 0 Å². The van der Waals surface area contributed by atoms with Crippen LogP contribution < -0.4 is 10.1 Å². The first kappa shape index (κ1) is 14.4. The zero-order valence-corrected chi connectivity index (χ0v) is 12.9. The SMILES string of the molecule is Cc1nn(CCOc2ccccc2CNC2CC2)cc1Cl. The van der Waals surface area contributed by atoms with Crippen molar-refractivity contribution in [1.29, 1.82) is 0 Å². The smallest absolute Gasteiger partial charge is 0.123 e. The highest BCUT2D eigenvalue weighted by molar-refractivity contribution is 6.31. The summed E-state index contributed by atoms with van der Waals surface area (Å²) < 4.78 is 7.72. The standard InChI is InChI=1S/C16H20ClN3O/c1-12-15(17)11-20(19-12)8-9-21-16-5-3-2-4-13(16)10-18-14-6-7-14/h2-5,11,14,18H,6-10H2,1H3. The average Bonchev–Trinajstić information content (AvgIpc) is 3.25. The van der Waals surface area contributed by atoms with Crippen LogP contribution in [0.25, 0.3) is 0 Å². The van der Waals surface area contributed by atoms with Crippen LogP contribution in [0.3, 0.4) is 0 Å². The first-order valence-electron chi connectivity index (χ1n) is 7.36. The van der Waals surface area contributed by atoms with Crippen molar-refractivity contribution >= 4 is 11.6 Å². The van der Waals surface area contributed by atoms with E-state index in [0.29, 0.717) is 24.2 Å². The summed E-state index contributed by atoms with van der Waals surface area (Å²) in [6.45, 7) is 4.04. The van der Waals surface area contributed by atoms with E-state index in [9.17, 15) is 0 Å². The number of para-hydroxylation sites is 1. The first-order valence-corrected chi connectivity index (χ1v) is 7.74. The molecular formula is C16H20ClN3O. The molecule has 1 aliphatic carbocycles. The van der Waals surface area contributed by atoms with Crippen LogP contribution in [0.5, 0.6) is 5.75 Å². The van der Waals surface area contributed by atoms with E-state index in [-0.39, 0.29) is 0 Å². The van der Waals surface area contributed by atoms with Crippen molar-refractivity contribution in [3.05, 3.63) is 46.7 Å². The van der Waals surface area contributed by atoms with Crippen molar-refractivity contribution < 1.29 is 4.74 Å². The number of nitrogens with one attached hydrogen (secondary N) is 1. The molecule has 1 aliphatic rings. The van der Waals surface area contributed by atoms with E-state index in [4.69, 9.17) is 16.3 Å². The molecule has 0 radical (unpaired) electrons. The van der Waals surface area contributed by atoms with Crippen LogP contribution in [0.1, 0.15) is 24.1 Å². The Kier molecular flexibility index (Phi) is 4.46. The number of ether oxygens (including phenoxy) is 1. The largest absolute Gasteiger partial charge is 0.491 e. The van der Waals surface area contributed by atoms with Gasteiger partial charge in [0.1, 0.15) is 12.4 Å². The lowest BCUT2D eigenvalue weighted by Gasteiger charge is -2.12. The summed E-state index contributed by atoms with van der Waals surface area (Å²) in [6.07, 6.45) is 4.42. The molecule has 0 bridgehead atoms. The van der Waals surface area contributed by atoms with Crippen LogP contribution in [0, 0.1) is 6.92 Å². The van der Waals surface area contributed by atoms with Gasteiger partial charge >= 0.3 is 0 Å². The quantitative estimate of drug-likeness (QED) is 0.854. The second-order valence-corrected chi connectivity index (χ2v) is 5.84. The molecule has 0 spiro atoms. The topological polar surface area (TPSA) is 39.1 Å². The van der Waals surface area contributed by atoms with Gasteiger partial charge in [-0.05, 0) is 25.8 Å². The van der Waals surface area contributed by atoms with Gasteiger partial charge in [0.15, 0.2) is 0 Å². The number of halogens is 1. The fourth-order valence-corrected chi connectivity index (χ4v) is 2.34. The van der Waals surface area contributed by atoms with Gasteiger partial charge < -0.3 is 10.1 Å². The van der Waals surface area contributed by atoms with E-state index in [1.807, 2.05) is 36.0 Å². The van der Waals surface area contributed by atoms with E-state index in [1.165, 1.54) is 18.4 Å². The van der Waals surface area contributed by atoms with Gasteiger partial charge in [-0.1, -0.05) is 29.8 Å².